The molecule has 1 aliphatic rings. The van der Waals surface area contributed by atoms with Gasteiger partial charge in [-0.25, -0.2) is 13.8 Å². The van der Waals surface area contributed by atoms with Crippen LogP contribution in [0.15, 0.2) is 54.7 Å². The number of carbonyl (C=O) groups is 2. The largest absolute Gasteiger partial charge is 0.493 e. The number of ether oxygens (including phenoxy) is 3. The van der Waals surface area contributed by atoms with Crippen LogP contribution < -0.4 is 14.2 Å². The Labute approximate surface area is 223 Å². The lowest BCUT2D eigenvalue weighted by molar-refractivity contribution is -0.133. The Kier molecular flexibility index (Phi) is 6.99. The molecule has 2 aromatic carbocycles. The maximum absolute atomic E-state index is 15.2. The fraction of sp³-hybridized carbons (Fsp3) is 0.267. The average Bonchev–Trinajstić information content (AvgIpc) is 3.74. The van der Waals surface area contributed by atoms with Gasteiger partial charge in [0.15, 0.2) is 28.9 Å². The zero-order chi connectivity index (χ0) is 27.7. The fourth-order valence-electron chi connectivity index (χ4n) is 4.63. The van der Waals surface area contributed by atoms with Crippen LogP contribution in [0.3, 0.4) is 0 Å². The highest BCUT2D eigenvalue weighted by molar-refractivity contribution is 6.11. The van der Waals surface area contributed by atoms with E-state index in [1.165, 1.54) is 50.7 Å². The number of ketones is 2. The van der Waals surface area contributed by atoms with Crippen LogP contribution in [0.25, 0.3) is 10.9 Å². The number of rotatable bonds is 10. The molecule has 0 saturated heterocycles. The van der Waals surface area contributed by atoms with Crippen molar-refractivity contribution in [3.05, 3.63) is 83.2 Å². The lowest BCUT2D eigenvalue weighted by atomic mass is 9.87. The van der Waals surface area contributed by atoms with Gasteiger partial charge >= 0.3 is 0 Å². The van der Waals surface area contributed by atoms with Crippen molar-refractivity contribution in [1.82, 2.24) is 9.97 Å². The molecule has 0 atom stereocenters. The van der Waals surface area contributed by atoms with Gasteiger partial charge < -0.3 is 14.2 Å². The smallest absolute Gasteiger partial charge is 0.256 e. The van der Waals surface area contributed by atoms with Gasteiger partial charge in [-0.2, -0.15) is 0 Å². The topological polar surface area (TPSA) is 87.6 Å². The second kappa shape index (κ2) is 10.4. The van der Waals surface area contributed by atoms with E-state index in [4.69, 9.17) is 14.2 Å². The Morgan fingerprint density at radius 1 is 0.897 bits per heavy atom. The normalized spacial score (nSPS) is 13.7. The third-order valence-electron chi connectivity index (χ3n) is 7.10. The van der Waals surface area contributed by atoms with Crippen molar-refractivity contribution in [1.29, 1.82) is 0 Å². The molecule has 9 heteroatoms. The quantitative estimate of drug-likeness (QED) is 0.241. The molecule has 200 valence electrons. The number of pyridine rings is 2. The van der Waals surface area contributed by atoms with Gasteiger partial charge in [-0.3, -0.25) is 14.6 Å². The van der Waals surface area contributed by atoms with Crippen molar-refractivity contribution in [2.45, 2.75) is 32.6 Å². The van der Waals surface area contributed by atoms with E-state index in [1.807, 2.05) is 0 Å². The number of halogens is 2. The van der Waals surface area contributed by atoms with Gasteiger partial charge in [0.25, 0.3) is 5.88 Å². The minimum absolute atomic E-state index is 0.0426. The SMILES string of the molecule is COc1cc2nccc(Oc3nc(C)c(CC(=O)C4(C(=O)Cc5ccc(F)cc5)CC4)cc3F)c2cc1OC. The Morgan fingerprint density at radius 2 is 1.56 bits per heavy atom. The lowest BCUT2D eigenvalue weighted by Gasteiger charge is -2.15. The maximum atomic E-state index is 15.2. The highest BCUT2D eigenvalue weighted by Crippen LogP contribution is 2.49. The molecule has 0 radical (unpaired) electrons. The third-order valence-corrected chi connectivity index (χ3v) is 7.10. The summed E-state index contributed by atoms with van der Waals surface area (Å²) in [5, 5.41) is 0.573. The molecule has 0 amide bonds. The van der Waals surface area contributed by atoms with Gasteiger partial charge in [0.05, 0.1) is 25.2 Å². The van der Waals surface area contributed by atoms with Crippen molar-refractivity contribution in [3.8, 4) is 23.1 Å². The molecular weight excluding hydrogens is 506 g/mol. The number of carbonyl (C=O) groups excluding carboxylic acids is 2. The summed E-state index contributed by atoms with van der Waals surface area (Å²) in [5.74, 6) is -0.583. The van der Waals surface area contributed by atoms with E-state index < -0.39 is 17.0 Å². The second-order valence-corrected chi connectivity index (χ2v) is 9.56. The van der Waals surface area contributed by atoms with Gasteiger partial charge in [0, 0.05) is 36.2 Å². The molecule has 2 heterocycles. The summed E-state index contributed by atoms with van der Waals surface area (Å²) in [5.41, 5.74) is 0.925. The molecule has 0 N–H and O–H groups in total. The molecule has 0 spiro atoms. The van der Waals surface area contributed by atoms with Gasteiger partial charge in [0.1, 0.15) is 11.6 Å². The second-order valence-electron chi connectivity index (χ2n) is 9.56. The first-order valence-electron chi connectivity index (χ1n) is 12.4. The van der Waals surface area contributed by atoms with E-state index >= 15 is 4.39 Å². The van der Waals surface area contributed by atoms with Crippen molar-refractivity contribution in [2.75, 3.05) is 14.2 Å². The minimum Gasteiger partial charge on any atom is -0.493 e. The number of fused-ring (bicyclic) bond motifs is 1. The number of aromatic nitrogens is 2. The molecule has 0 aliphatic heterocycles. The van der Waals surface area contributed by atoms with Crippen LogP contribution in [0.4, 0.5) is 8.78 Å². The van der Waals surface area contributed by atoms with Gasteiger partial charge in [-0.15, -0.1) is 0 Å². The van der Waals surface area contributed by atoms with Gasteiger partial charge in [0.2, 0.25) is 0 Å². The summed E-state index contributed by atoms with van der Waals surface area (Å²) in [7, 11) is 3.03. The van der Waals surface area contributed by atoms with Crippen LogP contribution in [0.5, 0.6) is 23.1 Å². The highest BCUT2D eigenvalue weighted by Gasteiger charge is 2.54. The number of methoxy groups -OCH3 is 2. The van der Waals surface area contributed by atoms with Crippen LogP contribution in [0, 0.1) is 24.0 Å². The van der Waals surface area contributed by atoms with Crippen LogP contribution in [0.1, 0.15) is 29.7 Å². The molecule has 39 heavy (non-hydrogen) atoms. The van der Waals surface area contributed by atoms with E-state index in [0.717, 1.165) is 0 Å². The van der Waals surface area contributed by atoms with Gasteiger partial charge in [-0.1, -0.05) is 12.1 Å². The number of nitrogens with zero attached hydrogens (tertiary/aromatic N) is 2. The number of hydrogen-bond acceptors (Lipinski definition) is 7. The molecule has 4 aromatic rings. The summed E-state index contributed by atoms with van der Waals surface area (Å²) >= 11 is 0. The lowest BCUT2D eigenvalue weighted by Crippen LogP contribution is -2.29. The molecular formula is C30H26F2N2O5. The standard InChI is InChI=1S/C30H26F2N2O5/c1-17-19(14-28(36)30(9-10-30)27(35)12-18-4-6-20(31)7-5-18)13-22(32)29(34-17)39-24-8-11-33-23-16-26(38-3)25(37-2)15-21(23)24/h4-8,11,13,15-16H,9-10,12,14H2,1-3H3. The third kappa shape index (κ3) is 5.16. The van der Waals surface area contributed by atoms with Crippen LogP contribution in [0.2, 0.25) is 0 Å². The molecule has 1 aliphatic carbocycles. The fourth-order valence-corrected chi connectivity index (χ4v) is 4.63. The van der Waals surface area contributed by atoms with Crippen molar-refractivity contribution in [2.24, 2.45) is 5.41 Å². The zero-order valence-corrected chi connectivity index (χ0v) is 21.7. The van der Waals surface area contributed by atoms with Crippen LogP contribution >= 0.6 is 0 Å². The monoisotopic (exact) mass is 532 g/mol. The molecule has 2 aromatic heterocycles. The Morgan fingerprint density at radius 3 is 2.23 bits per heavy atom. The summed E-state index contributed by atoms with van der Waals surface area (Å²) in [6, 6.07) is 11.8. The minimum atomic E-state index is -1.08. The summed E-state index contributed by atoms with van der Waals surface area (Å²) in [6.45, 7) is 1.66. The van der Waals surface area contributed by atoms with E-state index in [1.54, 1.807) is 25.1 Å². The average molecular weight is 533 g/mol. The number of aryl methyl sites for hydroxylation is 1. The highest BCUT2D eigenvalue weighted by atomic mass is 19.1. The molecule has 0 unspecified atom stereocenters. The molecule has 7 nitrogen and oxygen atoms in total. The van der Waals surface area contributed by atoms with Gasteiger partial charge in [-0.05, 0) is 61.2 Å². The number of hydrogen-bond donors (Lipinski definition) is 0. The summed E-state index contributed by atoms with van der Waals surface area (Å²) in [4.78, 5) is 34.8. The first-order chi connectivity index (χ1) is 18.7. The molecule has 0 bridgehead atoms. The first-order valence-corrected chi connectivity index (χ1v) is 12.4. The Balaban J connectivity index is 1.35. The summed E-state index contributed by atoms with van der Waals surface area (Å²) in [6.07, 6.45) is 2.34. The Hall–Kier alpha value is -4.40. The van der Waals surface area contributed by atoms with Crippen molar-refractivity contribution >= 4 is 22.5 Å². The predicted octanol–water partition coefficient (Wildman–Crippen LogP) is 5.73. The van der Waals surface area contributed by atoms with E-state index in [2.05, 4.69) is 9.97 Å². The van der Waals surface area contributed by atoms with Crippen LogP contribution in [-0.4, -0.2) is 35.8 Å². The predicted molar refractivity (Wildman–Crippen MR) is 139 cm³/mol. The molecule has 1 fully saturated rings. The number of benzene rings is 2. The van der Waals surface area contributed by atoms with Crippen molar-refractivity contribution in [3.63, 3.8) is 0 Å². The van der Waals surface area contributed by atoms with E-state index in [-0.39, 0.29) is 30.3 Å². The summed E-state index contributed by atoms with van der Waals surface area (Å²) < 4.78 is 44.9. The zero-order valence-electron chi connectivity index (χ0n) is 21.7. The Bertz CT molecular complexity index is 1580. The van der Waals surface area contributed by atoms with Crippen LogP contribution in [-0.2, 0) is 22.4 Å². The number of Topliss-reactive ketones (excluding diaryl/α,β-unsaturated/α-hetero) is 2. The molecule has 5 rings (SSSR count). The van der Waals surface area contributed by atoms with E-state index in [0.29, 0.717) is 57.8 Å². The van der Waals surface area contributed by atoms with E-state index in [9.17, 15) is 14.0 Å². The maximum Gasteiger partial charge on any atom is 0.256 e. The van der Waals surface area contributed by atoms with Crippen molar-refractivity contribution < 1.29 is 32.6 Å². The first kappa shape index (κ1) is 26.2. The molecule has 1 saturated carbocycles.